The van der Waals surface area contributed by atoms with E-state index in [4.69, 9.17) is 0 Å². The molecule has 0 radical (unpaired) electrons. The minimum Gasteiger partial charge on any atom is -0.304 e. The van der Waals surface area contributed by atoms with Crippen LogP contribution in [0.5, 0.6) is 0 Å². The van der Waals surface area contributed by atoms with Crippen molar-refractivity contribution in [3.8, 4) is 0 Å². The lowest BCUT2D eigenvalue weighted by Crippen LogP contribution is -2.38. The van der Waals surface area contributed by atoms with Crippen LogP contribution in [-0.2, 0) is 5.54 Å². The van der Waals surface area contributed by atoms with E-state index in [1.807, 2.05) is 0 Å². The van der Waals surface area contributed by atoms with Crippen molar-refractivity contribution in [2.24, 2.45) is 0 Å². The lowest BCUT2D eigenvalue weighted by Gasteiger charge is -2.22. The van der Waals surface area contributed by atoms with Crippen molar-refractivity contribution in [3.63, 3.8) is 0 Å². The molecule has 1 saturated heterocycles. The molecule has 2 aliphatic rings. The molecule has 2 fully saturated rings. The Bertz CT molecular complexity index is 378. The monoisotopic (exact) mass is 233 g/mol. The third-order valence-corrected chi connectivity index (χ3v) is 4.89. The maximum Gasteiger partial charge on any atom is 0.0438 e. The van der Waals surface area contributed by atoms with Crippen molar-refractivity contribution in [3.05, 3.63) is 35.4 Å². The molecule has 1 nitrogen and oxygen atoms in total. The molecule has 1 aliphatic carbocycles. The Morgan fingerprint density at radius 2 is 2.25 bits per heavy atom. The first-order valence-electron chi connectivity index (χ1n) is 6.21. The maximum absolute atomic E-state index is 3.89. The van der Waals surface area contributed by atoms with Crippen LogP contribution < -0.4 is 5.32 Å². The smallest absolute Gasteiger partial charge is 0.0438 e. The van der Waals surface area contributed by atoms with Gasteiger partial charge in [0.05, 0.1) is 0 Å². The number of rotatable bonds is 3. The normalized spacial score (nSPS) is 26.9. The highest BCUT2D eigenvalue weighted by Crippen LogP contribution is 2.46. The van der Waals surface area contributed by atoms with Crippen LogP contribution in [0, 0.1) is 6.92 Å². The summed E-state index contributed by atoms with van der Waals surface area (Å²) in [6.07, 6.45) is 3.98. The Morgan fingerprint density at radius 3 is 2.88 bits per heavy atom. The molecule has 1 heterocycles. The largest absolute Gasteiger partial charge is 0.304 e. The average Bonchev–Trinajstić information content (AvgIpc) is 2.87. The third-order valence-electron chi connectivity index (χ3n) is 3.73. The van der Waals surface area contributed by atoms with E-state index < -0.39 is 0 Å². The van der Waals surface area contributed by atoms with Crippen LogP contribution in [0.4, 0.5) is 0 Å². The number of nitrogens with one attached hydrogen (secondary N) is 1. The van der Waals surface area contributed by atoms with Crippen LogP contribution in [0.15, 0.2) is 24.3 Å². The first kappa shape index (κ1) is 10.7. The number of thioether (sulfide) groups is 1. The van der Waals surface area contributed by atoms with Gasteiger partial charge in [-0.1, -0.05) is 29.8 Å². The number of hydrogen-bond donors (Lipinski definition) is 1. The van der Waals surface area contributed by atoms with Crippen LogP contribution in [0.25, 0.3) is 0 Å². The molecule has 0 aromatic heterocycles. The minimum atomic E-state index is 0.335. The van der Waals surface area contributed by atoms with E-state index in [-0.39, 0.29) is 0 Å². The van der Waals surface area contributed by atoms with Gasteiger partial charge in [-0.05, 0) is 37.5 Å². The lowest BCUT2D eigenvalue weighted by atomic mass is 10.0. The number of aryl methyl sites for hydroxylation is 1. The summed E-state index contributed by atoms with van der Waals surface area (Å²) in [4.78, 5) is 0. The molecule has 1 aromatic rings. The summed E-state index contributed by atoms with van der Waals surface area (Å²) in [6.45, 7) is 2.19. The quantitative estimate of drug-likeness (QED) is 0.861. The van der Waals surface area contributed by atoms with Gasteiger partial charge in [-0.3, -0.25) is 0 Å². The molecule has 1 aromatic carbocycles. The predicted molar refractivity (Wildman–Crippen MR) is 71.0 cm³/mol. The van der Waals surface area contributed by atoms with Gasteiger partial charge < -0.3 is 5.32 Å². The summed E-state index contributed by atoms with van der Waals surface area (Å²) in [6, 6.07) is 9.76. The fourth-order valence-corrected chi connectivity index (χ4v) is 3.78. The summed E-state index contributed by atoms with van der Waals surface area (Å²) >= 11 is 2.09. The van der Waals surface area contributed by atoms with E-state index in [0.29, 0.717) is 5.54 Å². The highest BCUT2D eigenvalue weighted by molar-refractivity contribution is 7.99. The van der Waals surface area contributed by atoms with Crippen molar-refractivity contribution >= 4 is 11.8 Å². The summed E-state index contributed by atoms with van der Waals surface area (Å²) < 4.78 is 0. The topological polar surface area (TPSA) is 12.0 Å². The van der Waals surface area contributed by atoms with Gasteiger partial charge in [0.25, 0.3) is 0 Å². The SMILES string of the molecule is Cc1cccc(C2(N[C@@H]3CCSC3)CC2)c1. The van der Waals surface area contributed by atoms with Crippen LogP contribution in [0.1, 0.15) is 30.4 Å². The Balaban J connectivity index is 1.77. The third kappa shape index (κ3) is 2.01. The van der Waals surface area contributed by atoms with Crippen molar-refractivity contribution in [1.82, 2.24) is 5.32 Å². The zero-order valence-corrected chi connectivity index (χ0v) is 10.6. The van der Waals surface area contributed by atoms with Crippen molar-refractivity contribution in [2.75, 3.05) is 11.5 Å². The molecule has 0 bridgehead atoms. The lowest BCUT2D eigenvalue weighted by molar-refractivity contribution is 0.445. The summed E-state index contributed by atoms with van der Waals surface area (Å²) in [7, 11) is 0. The molecule has 86 valence electrons. The van der Waals surface area contributed by atoms with Gasteiger partial charge >= 0.3 is 0 Å². The van der Waals surface area contributed by atoms with Gasteiger partial charge in [-0.2, -0.15) is 11.8 Å². The van der Waals surface area contributed by atoms with Crippen LogP contribution in [0.3, 0.4) is 0 Å². The van der Waals surface area contributed by atoms with E-state index in [1.165, 1.54) is 41.9 Å². The predicted octanol–water partition coefficient (Wildman–Crippen LogP) is 3.08. The van der Waals surface area contributed by atoms with Gasteiger partial charge in [0, 0.05) is 17.3 Å². The Hall–Kier alpha value is -0.470. The van der Waals surface area contributed by atoms with Gasteiger partial charge in [0.15, 0.2) is 0 Å². The van der Waals surface area contributed by atoms with Gasteiger partial charge in [0.1, 0.15) is 0 Å². The Kier molecular flexibility index (Phi) is 2.72. The number of hydrogen-bond acceptors (Lipinski definition) is 2. The van der Waals surface area contributed by atoms with Crippen molar-refractivity contribution in [2.45, 2.75) is 37.8 Å². The van der Waals surface area contributed by atoms with Gasteiger partial charge in [-0.25, -0.2) is 0 Å². The number of benzene rings is 1. The minimum absolute atomic E-state index is 0.335. The second-order valence-electron chi connectivity index (χ2n) is 5.16. The Labute approximate surface area is 102 Å². The van der Waals surface area contributed by atoms with E-state index >= 15 is 0 Å². The van der Waals surface area contributed by atoms with E-state index in [0.717, 1.165) is 6.04 Å². The molecular weight excluding hydrogens is 214 g/mol. The van der Waals surface area contributed by atoms with E-state index in [1.54, 1.807) is 0 Å². The molecule has 0 spiro atoms. The van der Waals surface area contributed by atoms with Crippen LogP contribution in [-0.4, -0.2) is 17.5 Å². The van der Waals surface area contributed by atoms with Crippen molar-refractivity contribution < 1.29 is 0 Å². The molecule has 2 heteroatoms. The first-order chi connectivity index (χ1) is 7.78. The molecule has 0 unspecified atom stereocenters. The van der Waals surface area contributed by atoms with E-state index in [9.17, 15) is 0 Å². The average molecular weight is 233 g/mol. The zero-order chi connectivity index (χ0) is 11.0. The molecule has 16 heavy (non-hydrogen) atoms. The van der Waals surface area contributed by atoms with Crippen LogP contribution in [0.2, 0.25) is 0 Å². The maximum atomic E-state index is 3.89. The fraction of sp³-hybridized carbons (Fsp3) is 0.571. The summed E-state index contributed by atoms with van der Waals surface area (Å²) in [5, 5.41) is 3.89. The molecule has 1 N–H and O–H groups in total. The van der Waals surface area contributed by atoms with E-state index in [2.05, 4.69) is 48.3 Å². The fourth-order valence-electron chi connectivity index (χ4n) is 2.62. The molecule has 3 rings (SSSR count). The summed E-state index contributed by atoms with van der Waals surface area (Å²) in [5.41, 5.74) is 3.22. The first-order valence-corrected chi connectivity index (χ1v) is 7.37. The molecule has 1 saturated carbocycles. The zero-order valence-electron chi connectivity index (χ0n) is 9.83. The molecule has 1 atom stereocenters. The van der Waals surface area contributed by atoms with Gasteiger partial charge in [0.2, 0.25) is 0 Å². The molecule has 0 amide bonds. The second-order valence-corrected chi connectivity index (χ2v) is 6.31. The standard InChI is InChI=1S/C14H19NS/c1-11-3-2-4-12(9-11)14(6-7-14)15-13-5-8-16-10-13/h2-4,9,13,15H,5-8,10H2,1H3/t13-/m1/s1. The highest BCUT2D eigenvalue weighted by Gasteiger charge is 2.45. The Morgan fingerprint density at radius 1 is 1.38 bits per heavy atom. The van der Waals surface area contributed by atoms with Crippen LogP contribution >= 0.6 is 11.8 Å². The molecular formula is C14H19NS. The van der Waals surface area contributed by atoms with Gasteiger partial charge in [-0.15, -0.1) is 0 Å². The molecule has 1 aliphatic heterocycles. The summed E-state index contributed by atoms with van der Waals surface area (Å²) in [5.74, 6) is 2.63. The highest BCUT2D eigenvalue weighted by atomic mass is 32.2. The van der Waals surface area contributed by atoms with Crippen molar-refractivity contribution in [1.29, 1.82) is 0 Å². The second kappa shape index (κ2) is 4.08.